The molecule has 0 N–H and O–H groups in total. The van der Waals surface area contributed by atoms with E-state index in [0.29, 0.717) is 0 Å². The van der Waals surface area contributed by atoms with E-state index in [1.807, 2.05) is 0 Å². The summed E-state index contributed by atoms with van der Waals surface area (Å²) in [4.78, 5) is 0. The van der Waals surface area contributed by atoms with Crippen molar-refractivity contribution in [2.45, 2.75) is 466 Å². The maximum absolute atomic E-state index is 2.45. The summed E-state index contributed by atoms with van der Waals surface area (Å²) in [6, 6.07) is 0. The first kappa shape index (κ1) is 91.3. The standard InChI is InChI=1S/2C40H84N.2BrH/c2*1-5-9-11-13-15-17-19-21-23-25-27-29-31-33-35-37-39-41(7-3,8-4)40-38-36-34-32-30-28-26-24-22-20-18-16-14-12-10-6-2;;/h2*5-40H2,1-4H3;2*1H/q2*+1;;/p-2. The van der Waals surface area contributed by atoms with Crippen LogP contribution in [0, 0.1) is 0 Å². The third-order valence-electron chi connectivity index (χ3n) is 20.6. The number of hydrogen-bond acceptors (Lipinski definition) is 0. The predicted molar refractivity (Wildman–Crippen MR) is 380 cm³/mol. The Bertz CT molecular complexity index is 929. The van der Waals surface area contributed by atoms with Crippen molar-refractivity contribution in [1.82, 2.24) is 0 Å². The van der Waals surface area contributed by atoms with Crippen molar-refractivity contribution < 1.29 is 42.9 Å². The first-order valence-electron chi connectivity index (χ1n) is 40.2. The van der Waals surface area contributed by atoms with Crippen LogP contribution in [0.1, 0.15) is 466 Å². The number of rotatable bonds is 72. The summed E-state index contributed by atoms with van der Waals surface area (Å²) in [5.74, 6) is 0. The van der Waals surface area contributed by atoms with Gasteiger partial charge in [0.2, 0.25) is 0 Å². The molecule has 0 aromatic heterocycles. The van der Waals surface area contributed by atoms with Crippen LogP contribution >= 0.6 is 0 Å². The molecule has 4 heteroatoms. The van der Waals surface area contributed by atoms with Gasteiger partial charge in [-0.05, 0) is 79.1 Å². The lowest BCUT2D eigenvalue weighted by molar-refractivity contribution is -0.925. The van der Waals surface area contributed by atoms with E-state index in [1.54, 1.807) is 0 Å². The Morgan fingerprint density at radius 3 is 0.286 bits per heavy atom. The maximum atomic E-state index is 2.45. The number of unbranched alkanes of at least 4 members (excludes halogenated alkanes) is 60. The minimum Gasteiger partial charge on any atom is -1.00 e. The third-order valence-corrected chi connectivity index (χ3v) is 20.6. The molecule has 84 heavy (non-hydrogen) atoms. The highest BCUT2D eigenvalue weighted by atomic mass is 79.9. The van der Waals surface area contributed by atoms with Gasteiger partial charge in [0.15, 0.2) is 0 Å². The quantitative estimate of drug-likeness (QED) is 0.0421. The molecule has 0 aromatic carbocycles. The van der Waals surface area contributed by atoms with Crippen molar-refractivity contribution in [2.75, 3.05) is 52.4 Å². The van der Waals surface area contributed by atoms with Gasteiger partial charge in [0.1, 0.15) is 0 Å². The van der Waals surface area contributed by atoms with Gasteiger partial charge in [-0.2, -0.15) is 0 Å². The lowest BCUT2D eigenvalue weighted by Crippen LogP contribution is -3.00. The summed E-state index contributed by atoms with van der Waals surface area (Å²) >= 11 is 0. The second kappa shape index (κ2) is 80.0. The second-order valence-corrected chi connectivity index (χ2v) is 28.1. The zero-order valence-corrected chi connectivity index (χ0v) is 63.7. The van der Waals surface area contributed by atoms with Crippen LogP contribution in [0.5, 0.6) is 0 Å². The molecule has 0 aliphatic rings. The summed E-state index contributed by atoms with van der Waals surface area (Å²) in [5.41, 5.74) is 0. The van der Waals surface area contributed by atoms with Crippen LogP contribution in [0.4, 0.5) is 0 Å². The molecule has 0 aliphatic heterocycles. The van der Waals surface area contributed by atoms with Crippen LogP contribution in [0.25, 0.3) is 0 Å². The highest BCUT2D eigenvalue weighted by Gasteiger charge is 2.23. The molecule has 512 valence electrons. The number of hydrogen-bond donors (Lipinski definition) is 0. The van der Waals surface area contributed by atoms with Gasteiger partial charge >= 0.3 is 0 Å². The first-order valence-corrected chi connectivity index (χ1v) is 40.2. The van der Waals surface area contributed by atoms with Crippen molar-refractivity contribution >= 4 is 0 Å². The van der Waals surface area contributed by atoms with Gasteiger partial charge in [-0.3, -0.25) is 0 Å². The fourth-order valence-electron chi connectivity index (χ4n) is 13.9. The number of quaternary nitrogens is 2. The molecule has 0 saturated heterocycles. The predicted octanol–water partition coefficient (Wildman–Crippen LogP) is 22.7. The van der Waals surface area contributed by atoms with Gasteiger partial charge in [0.05, 0.1) is 52.4 Å². The molecule has 0 unspecified atom stereocenters. The monoisotopic (exact) mass is 1320 g/mol. The Labute approximate surface area is 558 Å². The summed E-state index contributed by atoms with van der Waals surface area (Å²) in [6.07, 6.45) is 94.1. The molecule has 0 fully saturated rings. The highest BCUT2D eigenvalue weighted by Crippen LogP contribution is 2.21. The zero-order valence-electron chi connectivity index (χ0n) is 60.6. The lowest BCUT2D eigenvalue weighted by Gasteiger charge is -2.37. The van der Waals surface area contributed by atoms with Crippen molar-refractivity contribution in [3.8, 4) is 0 Å². The minimum absolute atomic E-state index is 0. The van der Waals surface area contributed by atoms with Gasteiger partial charge < -0.3 is 42.9 Å². The fourth-order valence-corrected chi connectivity index (χ4v) is 13.9. The Kier molecular flexibility index (Phi) is 86.9. The fraction of sp³-hybridized carbons (Fsp3) is 1.00. The molecule has 0 heterocycles. The van der Waals surface area contributed by atoms with Gasteiger partial charge in [0.25, 0.3) is 0 Å². The Morgan fingerprint density at radius 2 is 0.202 bits per heavy atom. The van der Waals surface area contributed by atoms with E-state index in [9.17, 15) is 0 Å². The molecule has 0 aromatic rings. The SMILES string of the molecule is CCCCCCCCCCCCCCCCCC[N+](CC)(CC)CCCCCCCCCCCCCCCCCC.CCCCCCCCCCCCCCCCCC[N+](CC)(CC)CCCCCCCCCCCCCCCCCC.[Br-].[Br-]. The van der Waals surface area contributed by atoms with E-state index in [2.05, 4.69) is 55.4 Å². The van der Waals surface area contributed by atoms with E-state index in [-0.39, 0.29) is 34.0 Å². The second-order valence-electron chi connectivity index (χ2n) is 28.1. The molecule has 0 rings (SSSR count). The molecule has 0 bridgehead atoms. The van der Waals surface area contributed by atoms with E-state index >= 15 is 0 Å². The van der Waals surface area contributed by atoms with Crippen LogP contribution in [0.2, 0.25) is 0 Å². The van der Waals surface area contributed by atoms with Crippen molar-refractivity contribution in [3.05, 3.63) is 0 Å². The molecular formula is C80H168Br2N2. The Morgan fingerprint density at radius 1 is 0.119 bits per heavy atom. The minimum atomic E-state index is 0. The van der Waals surface area contributed by atoms with Gasteiger partial charge in [-0.1, -0.05) is 387 Å². The zero-order chi connectivity index (χ0) is 59.9. The van der Waals surface area contributed by atoms with Gasteiger partial charge in [-0.25, -0.2) is 0 Å². The summed E-state index contributed by atoms with van der Waals surface area (Å²) in [5, 5.41) is 0. The summed E-state index contributed by atoms with van der Waals surface area (Å²) in [6.45, 7) is 30.1. The molecule has 0 atom stereocenters. The van der Waals surface area contributed by atoms with Crippen LogP contribution in [-0.4, -0.2) is 61.3 Å². The summed E-state index contributed by atoms with van der Waals surface area (Å²) in [7, 11) is 0. The van der Waals surface area contributed by atoms with E-state index < -0.39 is 0 Å². The topological polar surface area (TPSA) is 0 Å². The van der Waals surface area contributed by atoms with Crippen LogP contribution in [-0.2, 0) is 0 Å². The third kappa shape index (κ3) is 70.3. The van der Waals surface area contributed by atoms with E-state index in [0.717, 1.165) is 0 Å². The first-order chi connectivity index (χ1) is 40.5. The van der Waals surface area contributed by atoms with Crippen molar-refractivity contribution in [2.24, 2.45) is 0 Å². The van der Waals surface area contributed by atoms with E-state index in [4.69, 9.17) is 0 Å². The average Bonchev–Trinajstić information content (AvgIpc) is 3.52. The molecule has 0 aliphatic carbocycles. The largest absolute Gasteiger partial charge is 1.00 e. The number of nitrogens with zero attached hydrogens (tertiary/aromatic N) is 2. The summed E-state index contributed by atoms with van der Waals surface area (Å²) < 4.78 is 2.77. The van der Waals surface area contributed by atoms with Gasteiger partial charge in [0, 0.05) is 0 Å². The maximum Gasteiger partial charge on any atom is 0.0786 e. The van der Waals surface area contributed by atoms with Gasteiger partial charge in [-0.15, -0.1) is 0 Å². The molecule has 0 radical (unpaired) electrons. The van der Waals surface area contributed by atoms with Crippen molar-refractivity contribution in [1.29, 1.82) is 0 Å². The average molecular weight is 1320 g/mol. The molecule has 0 amide bonds. The van der Waals surface area contributed by atoms with E-state index in [1.165, 1.54) is 472 Å². The Balaban J connectivity index is -0.000000744. The normalized spacial score (nSPS) is 11.7. The highest BCUT2D eigenvalue weighted by molar-refractivity contribution is 4.57. The van der Waals surface area contributed by atoms with Crippen LogP contribution in [0.15, 0.2) is 0 Å². The molecule has 2 nitrogen and oxygen atoms in total. The molecule has 0 spiro atoms. The van der Waals surface area contributed by atoms with Crippen LogP contribution < -0.4 is 34.0 Å². The van der Waals surface area contributed by atoms with Crippen LogP contribution in [0.3, 0.4) is 0 Å². The smallest absolute Gasteiger partial charge is 0.0786 e. The lowest BCUT2D eigenvalue weighted by atomic mass is 10.0. The number of halogens is 2. The molecular weight excluding hydrogens is 1150 g/mol. The molecule has 0 saturated carbocycles. The van der Waals surface area contributed by atoms with Crippen molar-refractivity contribution in [3.63, 3.8) is 0 Å². The Hall–Kier alpha value is 0.880.